The quantitative estimate of drug-likeness (QED) is 0.671. The van der Waals surface area contributed by atoms with E-state index in [1.54, 1.807) is 0 Å². The van der Waals surface area contributed by atoms with Crippen LogP contribution < -0.4 is 0 Å². The molecule has 0 atom stereocenters. The molecule has 5 nitrogen and oxygen atoms in total. The van der Waals surface area contributed by atoms with E-state index in [1.807, 2.05) is 28.8 Å². The highest BCUT2D eigenvalue weighted by Gasteiger charge is 2.11. The predicted octanol–water partition coefficient (Wildman–Crippen LogP) is 1.36. The van der Waals surface area contributed by atoms with Crippen molar-refractivity contribution in [2.45, 2.75) is 13.0 Å². The van der Waals surface area contributed by atoms with Crippen LogP contribution in [-0.2, 0) is 16.1 Å². The molecule has 2 rings (SSSR count). The topological polar surface area (TPSA) is 63.8 Å². The van der Waals surface area contributed by atoms with Gasteiger partial charge in [0.05, 0.1) is 13.0 Å². The Hall–Kier alpha value is -1.15. The first-order valence-corrected chi connectivity index (χ1v) is 6.18. The Labute approximate surface area is 112 Å². The van der Waals surface area contributed by atoms with Gasteiger partial charge in [-0.05, 0) is 34.7 Å². The van der Waals surface area contributed by atoms with Gasteiger partial charge < -0.3 is 9.84 Å². The van der Waals surface area contributed by atoms with Crippen molar-refractivity contribution in [2.75, 3.05) is 6.61 Å². The average Bonchev–Trinajstić information content (AvgIpc) is 2.65. The number of imidazole rings is 1. The lowest BCUT2D eigenvalue weighted by molar-refractivity contribution is -0.145. The third-order valence-corrected chi connectivity index (χ3v) is 3.37. The van der Waals surface area contributed by atoms with Gasteiger partial charge in [0.15, 0.2) is 0 Å². The molecule has 90 valence electrons. The van der Waals surface area contributed by atoms with Crippen molar-refractivity contribution in [1.82, 2.24) is 9.38 Å². The van der Waals surface area contributed by atoms with E-state index in [2.05, 4.69) is 27.6 Å². The van der Waals surface area contributed by atoms with Gasteiger partial charge in [-0.2, -0.15) is 0 Å². The molecule has 0 aromatic carbocycles. The maximum atomic E-state index is 11.1. The monoisotopic (exact) mass is 346 g/mol. The van der Waals surface area contributed by atoms with Gasteiger partial charge >= 0.3 is 5.97 Å². The molecule has 2 aromatic rings. The van der Waals surface area contributed by atoms with Crippen molar-refractivity contribution in [2.24, 2.45) is 0 Å². The zero-order valence-electron chi connectivity index (χ0n) is 8.97. The Bertz CT molecular complexity index is 538. The van der Waals surface area contributed by atoms with Crippen LogP contribution >= 0.6 is 22.6 Å². The smallest absolute Gasteiger partial charge is 0.308 e. The SMILES string of the molecule is O=C(CCO)OCc1nc2ccccn2c1I. The number of esters is 1. The number of nitrogens with zero attached hydrogens (tertiary/aromatic N) is 2. The van der Waals surface area contributed by atoms with E-state index in [0.29, 0.717) is 0 Å². The molecule has 0 bridgehead atoms. The third kappa shape index (κ3) is 2.75. The van der Waals surface area contributed by atoms with Crippen molar-refractivity contribution < 1.29 is 14.6 Å². The molecule has 0 radical (unpaired) electrons. The van der Waals surface area contributed by atoms with Crippen molar-refractivity contribution in [3.8, 4) is 0 Å². The summed E-state index contributed by atoms with van der Waals surface area (Å²) in [6.07, 6.45) is 1.92. The minimum Gasteiger partial charge on any atom is -0.459 e. The first-order chi connectivity index (χ1) is 8.22. The summed E-state index contributed by atoms with van der Waals surface area (Å²) in [4.78, 5) is 15.5. The number of halogens is 1. The lowest BCUT2D eigenvalue weighted by Crippen LogP contribution is -2.07. The second-order valence-corrected chi connectivity index (χ2v) is 4.43. The fourth-order valence-electron chi connectivity index (χ4n) is 1.42. The molecule has 0 amide bonds. The minimum atomic E-state index is -0.416. The van der Waals surface area contributed by atoms with Crippen LogP contribution in [0.15, 0.2) is 24.4 Å². The van der Waals surface area contributed by atoms with Crippen LogP contribution in [0, 0.1) is 3.70 Å². The van der Waals surface area contributed by atoms with Gasteiger partial charge in [0, 0.05) is 6.20 Å². The van der Waals surface area contributed by atoms with Gasteiger partial charge in [-0.3, -0.25) is 9.20 Å². The molecule has 0 fully saturated rings. The zero-order valence-corrected chi connectivity index (χ0v) is 11.1. The lowest BCUT2D eigenvalue weighted by Gasteiger charge is -2.01. The summed E-state index contributed by atoms with van der Waals surface area (Å²) in [5, 5.41) is 8.58. The summed E-state index contributed by atoms with van der Waals surface area (Å²) < 4.78 is 7.85. The summed E-state index contributed by atoms with van der Waals surface area (Å²) >= 11 is 2.16. The highest BCUT2D eigenvalue weighted by Crippen LogP contribution is 2.15. The number of hydrogen-bond acceptors (Lipinski definition) is 4. The first-order valence-electron chi connectivity index (χ1n) is 5.10. The van der Waals surface area contributed by atoms with E-state index >= 15 is 0 Å². The van der Waals surface area contributed by atoms with Gasteiger partial charge in [0.1, 0.15) is 21.6 Å². The minimum absolute atomic E-state index is 0.0178. The Balaban J connectivity index is 2.14. The van der Waals surface area contributed by atoms with Gasteiger partial charge in [-0.1, -0.05) is 6.07 Å². The maximum absolute atomic E-state index is 11.1. The Morgan fingerprint density at radius 3 is 3.06 bits per heavy atom. The zero-order chi connectivity index (χ0) is 12.3. The van der Waals surface area contributed by atoms with Crippen LogP contribution in [0.3, 0.4) is 0 Å². The fraction of sp³-hybridized carbons (Fsp3) is 0.273. The molecule has 0 saturated heterocycles. The predicted molar refractivity (Wildman–Crippen MR) is 69.4 cm³/mol. The van der Waals surface area contributed by atoms with Crippen LogP contribution in [0.1, 0.15) is 12.1 Å². The maximum Gasteiger partial charge on any atom is 0.308 e. The second-order valence-electron chi connectivity index (χ2n) is 3.41. The van der Waals surface area contributed by atoms with Crippen LogP contribution in [0.4, 0.5) is 0 Å². The highest BCUT2D eigenvalue weighted by atomic mass is 127. The Kier molecular flexibility index (Phi) is 3.95. The summed E-state index contributed by atoms with van der Waals surface area (Å²) in [7, 11) is 0. The average molecular weight is 346 g/mol. The van der Waals surface area contributed by atoms with E-state index in [4.69, 9.17) is 9.84 Å². The molecule has 17 heavy (non-hydrogen) atoms. The van der Waals surface area contributed by atoms with Crippen LogP contribution in [-0.4, -0.2) is 27.1 Å². The summed E-state index contributed by atoms with van der Waals surface area (Å²) in [5.41, 5.74) is 1.55. The molecule has 0 aliphatic rings. The Morgan fingerprint density at radius 2 is 2.35 bits per heavy atom. The van der Waals surface area contributed by atoms with Gasteiger partial charge in [-0.15, -0.1) is 0 Å². The number of ether oxygens (including phenoxy) is 1. The van der Waals surface area contributed by atoms with E-state index in [9.17, 15) is 4.79 Å². The standard InChI is InChI=1S/C11H11IN2O3/c12-11-8(7-17-10(16)4-6-15)13-9-3-1-2-5-14(9)11/h1-3,5,15H,4,6-7H2. The number of hydrogen-bond donors (Lipinski definition) is 1. The summed E-state index contributed by atoms with van der Waals surface area (Å²) in [5.74, 6) is -0.416. The number of carbonyl (C=O) groups is 1. The molecule has 0 spiro atoms. The molecule has 0 aliphatic heterocycles. The Morgan fingerprint density at radius 1 is 1.53 bits per heavy atom. The highest BCUT2D eigenvalue weighted by molar-refractivity contribution is 14.1. The largest absolute Gasteiger partial charge is 0.459 e. The van der Waals surface area contributed by atoms with E-state index in [1.165, 1.54) is 0 Å². The number of aromatic nitrogens is 2. The molecule has 0 saturated carbocycles. The summed E-state index contributed by atoms with van der Waals surface area (Å²) in [6, 6.07) is 5.71. The lowest BCUT2D eigenvalue weighted by atomic mass is 10.4. The number of aliphatic hydroxyl groups excluding tert-OH is 1. The van der Waals surface area contributed by atoms with Crippen molar-refractivity contribution in [3.05, 3.63) is 33.8 Å². The van der Waals surface area contributed by atoms with Gasteiger partial charge in [-0.25, -0.2) is 4.98 Å². The molecule has 1 N–H and O–H groups in total. The molecule has 2 aromatic heterocycles. The molecule has 0 unspecified atom stereocenters. The number of pyridine rings is 1. The fourth-order valence-corrected chi connectivity index (χ4v) is 2.10. The van der Waals surface area contributed by atoms with Crippen molar-refractivity contribution >= 4 is 34.2 Å². The van der Waals surface area contributed by atoms with Gasteiger partial charge in [0.25, 0.3) is 0 Å². The van der Waals surface area contributed by atoms with Crippen molar-refractivity contribution in [3.63, 3.8) is 0 Å². The molecule has 2 heterocycles. The van der Waals surface area contributed by atoms with Crippen LogP contribution in [0.5, 0.6) is 0 Å². The first kappa shape index (κ1) is 12.3. The number of carbonyl (C=O) groups excluding carboxylic acids is 1. The second kappa shape index (κ2) is 5.46. The molecular weight excluding hydrogens is 335 g/mol. The third-order valence-electron chi connectivity index (χ3n) is 2.22. The molecule has 0 aliphatic carbocycles. The van der Waals surface area contributed by atoms with Crippen molar-refractivity contribution in [1.29, 1.82) is 0 Å². The van der Waals surface area contributed by atoms with E-state index < -0.39 is 5.97 Å². The number of rotatable bonds is 4. The number of fused-ring (bicyclic) bond motifs is 1. The normalized spacial score (nSPS) is 10.7. The van der Waals surface area contributed by atoms with Gasteiger partial charge in [0.2, 0.25) is 0 Å². The number of aliphatic hydroxyl groups is 1. The van der Waals surface area contributed by atoms with Crippen LogP contribution in [0.2, 0.25) is 0 Å². The molecular formula is C11H11IN2O3. The van der Waals surface area contributed by atoms with E-state index in [0.717, 1.165) is 15.0 Å². The van der Waals surface area contributed by atoms with E-state index in [-0.39, 0.29) is 19.6 Å². The van der Waals surface area contributed by atoms with Crippen LogP contribution in [0.25, 0.3) is 5.65 Å². The summed E-state index contributed by atoms with van der Waals surface area (Å²) in [6.45, 7) is -0.0557. The molecule has 6 heteroatoms.